The first kappa shape index (κ1) is 12.8. The van der Waals surface area contributed by atoms with Crippen LogP contribution in [-0.4, -0.2) is 15.3 Å². The van der Waals surface area contributed by atoms with Crippen LogP contribution in [0.25, 0.3) is 11.0 Å². The molecule has 0 aliphatic rings. The fourth-order valence-electron chi connectivity index (χ4n) is 2.32. The fourth-order valence-corrected chi connectivity index (χ4v) is 2.32. The highest BCUT2D eigenvalue weighted by Crippen LogP contribution is 2.17. The Kier molecular flexibility index (Phi) is 3.80. The van der Waals surface area contributed by atoms with Gasteiger partial charge in [0.15, 0.2) is 0 Å². The Bertz CT molecular complexity index is 555. The van der Waals surface area contributed by atoms with Crippen LogP contribution in [0.3, 0.4) is 0 Å². The maximum Gasteiger partial charge on any atom is 0.140 e. The van der Waals surface area contributed by atoms with Crippen molar-refractivity contribution in [1.82, 2.24) is 9.55 Å². The van der Waals surface area contributed by atoms with E-state index in [-0.39, 0.29) is 5.78 Å². The molecule has 0 atom stereocenters. The first-order chi connectivity index (χ1) is 8.61. The largest absolute Gasteiger partial charge is 0.328 e. The molecule has 0 aliphatic carbocycles. The molecule has 0 amide bonds. The lowest BCUT2D eigenvalue weighted by molar-refractivity contribution is -0.119. The summed E-state index contributed by atoms with van der Waals surface area (Å²) < 4.78 is 2.13. The lowest BCUT2D eigenvalue weighted by atomic mass is 10.1. The maximum absolute atomic E-state index is 11.9. The maximum atomic E-state index is 11.9. The number of fused-ring (bicyclic) bond motifs is 1. The standard InChI is InChI=1S/C15H20N2O/c1-4-17-14-8-6-5-7-13(14)16-15(17)10-12(18)9-11(2)3/h5-8,11H,4,9-10H2,1-3H3. The van der Waals surface area contributed by atoms with Gasteiger partial charge in [0.1, 0.15) is 11.6 Å². The highest BCUT2D eigenvalue weighted by atomic mass is 16.1. The number of nitrogens with zero attached hydrogens (tertiary/aromatic N) is 2. The van der Waals surface area contributed by atoms with Gasteiger partial charge < -0.3 is 4.57 Å². The van der Waals surface area contributed by atoms with Crippen molar-refractivity contribution in [2.75, 3.05) is 0 Å². The lowest BCUT2D eigenvalue weighted by Gasteiger charge is -2.06. The predicted molar refractivity (Wildman–Crippen MR) is 73.6 cm³/mol. The molecule has 2 aromatic rings. The summed E-state index contributed by atoms with van der Waals surface area (Å²) in [5.74, 6) is 1.58. The highest BCUT2D eigenvalue weighted by Gasteiger charge is 2.13. The molecule has 1 heterocycles. The van der Waals surface area contributed by atoms with Crippen LogP contribution in [0.4, 0.5) is 0 Å². The molecule has 0 radical (unpaired) electrons. The molecular formula is C15H20N2O. The summed E-state index contributed by atoms with van der Waals surface area (Å²) in [6.07, 6.45) is 1.08. The fraction of sp³-hybridized carbons (Fsp3) is 0.467. The van der Waals surface area contributed by atoms with E-state index in [0.717, 1.165) is 23.4 Å². The SMILES string of the molecule is CCn1c(CC(=O)CC(C)C)nc2ccccc21. The lowest BCUT2D eigenvalue weighted by Crippen LogP contribution is -2.11. The van der Waals surface area contributed by atoms with Gasteiger partial charge in [-0.2, -0.15) is 0 Å². The van der Waals surface area contributed by atoms with E-state index >= 15 is 0 Å². The zero-order chi connectivity index (χ0) is 13.1. The Morgan fingerprint density at radius 1 is 1.33 bits per heavy atom. The number of benzene rings is 1. The highest BCUT2D eigenvalue weighted by molar-refractivity contribution is 5.82. The molecule has 1 aromatic carbocycles. The van der Waals surface area contributed by atoms with E-state index in [4.69, 9.17) is 0 Å². The molecule has 0 fully saturated rings. The summed E-state index contributed by atoms with van der Waals surface area (Å²) in [5, 5.41) is 0. The smallest absolute Gasteiger partial charge is 0.140 e. The van der Waals surface area contributed by atoms with E-state index in [2.05, 4.69) is 36.4 Å². The van der Waals surface area contributed by atoms with Gasteiger partial charge in [-0.25, -0.2) is 4.98 Å². The number of aromatic nitrogens is 2. The predicted octanol–water partition coefficient (Wildman–Crippen LogP) is 3.21. The molecule has 0 bridgehead atoms. The number of hydrogen-bond acceptors (Lipinski definition) is 2. The molecule has 18 heavy (non-hydrogen) atoms. The van der Waals surface area contributed by atoms with Gasteiger partial charge in [-0.05, 0) is 25.0 Å². The average molecular weight is 244 g/mol. The number of hydrogen-bond donors (Lipinski definition) is 0. The minimum Gasteiger partial charge on any atom is -0.328 e. The third kappa shape index (κ3) is 2.61. The molecule has 96 valence electrons. The second kappa shape index (κ2) is 5.34. The molecule has 0 saturated heterocycles. The molecule has 3 nitrogen and oxygen atoms in total. The number of para-hydroxylation sites is 2. The van der Waals surface area contributed by atoms with Gasteiger partial charge in [0.2, 0.25) is 0 Å². The summed E-state index contributed by atoms with van der Waals surface area (Å²) in [7, 11) is 0. The number of Topliss-reactive ketones (excluding diaryl/α,β-unsaturated/α-hetero) is 1. The summed E-state index contributed by atoms with van der Waals surface area (Å²) in [6.45, 7) is 7.08. The van der Waals surface area contributed by atoms with Gasteiger partial charge in [-0.15, -0.1) is 0 Å². The van der Waals surface area contributed by atoms with Crippen LogP contribution in [0, 0.1) is 5.92 Å². The van der Waals surface area contributed by atoms with E-state index in [9.17, 15) is 4.79 Å². The van der Waals surface area contributed by atoms with Gasteiger partial charge in [0.25, 0.3) is 0 Å². The van der Waals surface area contributed by atoms with Gasteiger partial charge in [0.05, 0.1) is 17.5 Å². The zero-order valence-electron chi connectivity index (χ0n) is 11.3. The molecule has 0 spiro atoms. The van der Waals surface area contributed by atoms with Crippen LogP contribution in [0.5, 0.6) is 0 Å². The minimum absolute atomic E-state index is 0.273. The second-order valence-corrected chi connectivity index (χ2v) is 5.07. The van der Waals surface area contributed by atoms with Gasteiger partial charge in [0, 0.05) is 13.0 Å². The third-order valence-corrected chi connectivity index (χ3v) is 3.04. The number of imidazole rings is 1. The van der Waals surface area contributed by atoms with Gasteiger partial charge >= 0.3 is 0 Å². The van der Waals surface area contributed by atoms with Crippen molar-refractivity contribution in [3.8, 4) is 0 Å². The summed E-state index contributed by atoms with van der Waals surface area (Å²) in [5.41, 5.74) is 2.10. The molecule has 1 aromatic heterocycles. The van der Waals surface area contributed by atoms with Gasteiger partial charge in [-0.1, -0.05) is 26.0 Å². The number of carbonyl (C=O) groups excluding carboxylic acids is 1. The van der Waals surface area contributed by atoms with Crippen molar-refractivity contribution in [1.29, 1.82) is 0 Å². The average Bonchev–Trinajstić information content (AvgIpc) is 2.64. The minimum atomic E-state index is 0.273. The van der Waals surface area contributed by atoms with Crippen LogP contribution in [0.1, 0.15) is 33.0 Å². The molecular weight excluding hydrogens is 224 g/mol. The van der Waals surface area contributed by atoms with Crippen LogP contribution >= 0.6 is 0 Å². The number of rotatable bonds is 5. The van der Waals surface area contributed by atoms with E-state index in [1.54, 1.807) is 0 Å². The summed E-state index contributed by atoms with van der Waals surface area (Å²) >= 11 is 0. The van der Waals surface area contributed by atoms with Crippen molar-refractivity contribution < 1.29 is 4.79 Å². The molecule has 3 heteroatoms. The Labute approximate surface area is 108 Å². The van der Waals surface area contributed by atoms with Crippen molar-refractivity contribution in [3.63, 3.8) is 0 Å². The molecule has 0 unspecified atom stereocenters. The van der Waals surface area contributed by atoms with Crippen molar-refractivity contribution in [2.24, 2.45) is 5.92 Å². The van der Waals surface area contributed by atoms with Crippen LogP contribution in [0.2, 0.25) is 0 Å². The van der Waals surface area contributed by atoms with Crippen LogP contribution in [-0.2, 0) is 17.8 Å². The third-order valence-electron chi connectivity index (χ3n) is 3.04. The number of aryl methyl sites for hydroxylation is 1. The van der Waals surface area contributed by atoms with Crippen molar-refractivity contribution in [3.05, 3.63) is 30.1 Å². The topological polar surface area (TPSA) is 34.9 Å². The Balaban J connectivity index is 2.30. The van der Waals surface area contributed by atoms with E-state index in [1.807, 2.05) is 18.2 Å². The molecule has 0 saturated carbocycles. The van der Waals surface area contributed by atoms with Crippen LogP contribution < -0.4 is 0 Å². The Morgan fingerprint density at radius 2 is 2.06 bits per heavy atom. The summed E-state index contributed by atoms with van der Waals surface area (Å²) in [4.78, 5) is 16.5. The van der Waals surface area contributed by atoms with Crippen molar-refractivity contribution >= 4 is 16.8 Å². The molecule has 0 aliphatic heterocycles. The van der Waals surface area contributed by atoms with E-state index in [0.29, 0.717) is 18.8 Å². The quantitative estimate of drug-likeness (QED) is 0.809. The van der Waals surface area contributed by atoms with E-state index in [1.165, 1.54) is 0 Å². The Hall–Kier alpha value is -1.64. The second-order valence-electron chi connectivity index (χ2n) is 5.07. The van der Waals surface area contributed by atoms with Gasteiger partial charge in [-0.3, -0.25) is 4.79 Å². The molecule has 2 rings (SSSR count). The zero-order valence-corrected chi connectivity index (χ0v) is 11.3. The normalized spacial score (nSPS) is 11.3. The van der Waals surface area contributed by atoms with E-state index < -0.39 is 0 Å². The Morgan fingerprint density at radius 3 is 2.72 bits per heavy atom. The van der Waals surface area contributed by atoms with Crippen molar-refractivity contribution in [2.45, 2.75) is 40.2 Å². The number of carbonyl (C=O) groups is 1. The summed E-state index contributed by atoms with van der Waals surface area (Å²) in [6, 6.07) is 8.05. The first-order valence-corrected chi connectivity index (χ1v) is 6.57. The van der Waals surface area contributed by atoms with Crippen LogP contribution in [0.15, 0.2) is 24.3 Å². The molecule has 0 N–H and O–H groups in total. The number of ketones is 1. The first-order valence-electron chi connectivity index (χ1n) is 6.57. The monoisotopic (exact) mass is 244 g/mol.